The summed E-state index contributed by atoms with van der Waals surface area (Å²) in [5, 5.41) is 6.00. The molecular weight excluding hydrogens is 262 g/mol. The molecule has 110 valence electrons. The van der Waals surface area contributed by atoms with Gasteiger partial charge in [-0.2, -0.15) is 0 Å². The number of anilines is 2. The van der Waals surface area contributed by atoms with Crippen LogP contribution in [0.4, 0.5) is 16.2 Å². The highest BCUT2D eigenvalue weighted by Gasteiger charge is 2.08. The molecular formula is C17H21N3O. The fourth-order valence-electron chi connectivity index (χ4n) is 2.43. The average Bonchev–Trinajstić information content (AvgIpc) is 2.40. The molecule has 2 aromatic carbocycles. The summed E-state index contributed by atoms with van der Waals surface area (Å²) in [5.41, 5.74) is 10.6. The third-order valence-electron chi connectivity index (χ3n) is 3.43. The van der Waals surface area contributed by atoms with E-state index in [0.29, 0.717) is 5.69 Å². The monoisotopic (exact) mass is 283 g/mol. The van der Waals surface area contributed by atoms with E-state index >= 15 is 0 Å². The Bertz CT molecular complexity index is 635. The molecule has 0 fully saturated rings. The van der Waals surface area contributed by atoms with Gasteiger partial charge in [0.2, 0.25) is 0 Å². The van der Waals surface area contributed by atoms with E-state index in [4.69, 9.17) is 5.73 Å². The van der Waals surface area contributed by atoms with Crippen LogP contribution in [0, 0.1) is 13.8 Å². The lowest BCUT2D eigenvalue weighted by Gasteiger charge is -2.18. The van der Waals surface area contributed by atoms with Gasteiger partial charge in [-0.15, -0.1) is 0 Å². The Morgan fingerprint density at radius 1 is 1.05 bits per heavy atom. The molecule has 0 bridgehead atoms. The molecule has 0 spiro atoms. The third-order valence-corrected chi connectivity index (χ3v) is 3.43. The molecule has 1 unspecified atom stereocenters. The number of nitrogens with two attached hydrogens (primary N) is 1. The molecule has 0 aliphatic heterocycles. The van der Waals surface area contributed by atoms with Crippen molar-refractivity contribution in [1.29, 1.82) is 0 Å². The Hall–Kier alpha value is -2.49. The topological polar surface area (TPSA) is 67.2 Å². The molecule has 4 heteroatoms. The first kappa shape index (κ1) is 14.9. The van der Waals surface area contributed by atoms with Crippen LogP contribution in [0.15, 0.2) is 42.5 Å². The lowest BCUT2D eigenvalue weighted by molar-refractivity contribution is 0.259. The summed E-state index contributed by atoms with van der Waals surface area (Å²) >= 11 is 0. The summed E-state index contributed by atoms with van der Waals surface area (Å²) < 4.78 is 0. The van der Waals surface area contributed by atoms with Crippen molar-refractivity contribution in [2.45, 2.75) is 26.8 Å². The van der Waals surface area contributed by atoms with E-state index in [1.54, 1.807) is 0 Å². The molecule has 0 saturated heterocycles. The SMILES string of the molecule is Cc1ccc(C(C)Nc2ccc(NC(N)=O)cc2)c(C)c1. The van der Waals surface area contributed by atoms with Crippen LogP contribution in [0.1, 0.15) is 29.7 Å². The maximum atomic E-state index is 10.8. The van der Waals surface area contributed by atoms with Crippen molar-refractivity contribution >= 4 is 17.4 Å². The Labute approximate surface area is 125 Å². The van der Waals surface area contributed by atoms with E-state index in [9.17, 15) is 4.79 Å². The Morgan fingerprint density at radius 2 is 1.67 bits per heavy atom. The molecule has 0 heterocycles. The normalized spacial score (nSPS) is 11.8. The number of aryl methyl sites for hydroxylation is 2. The molecule has 4 N–H and O–H groups in total. The van der Waals surface area contributed by atoms with Crippen LogP contribution in [-0.4, -0.2) is 6.03 Å². The standard InChI is InChI=1S/C17H21N3O/c1-11-4-9-16(12(2)10-11)13(3)19-14-5-7-15(8-6-14)20-17(18)21/h4-10,13,19H,1-3H3,(H3,18,20,21). The van der Waals surface area contributed by atoms with Crippen LogP contribution in [0.25, 0.3) is 0 Å². The zero-order valence-corrected chi connectivity index (χ0v) is 12.6. The van der Waals surface area contributed by atoms with Crippen LogP contribution >= 0.6 is 0 Å². The first-order valence-electron chi connectivity index (χ1n) is 6.96. The number of benzene rings is 2. The summed E-state index contributed by atoms with van der Waals surface area (Å²) in [6.07, 6.45) is 0. The van der Waals surface area contributed by atoms with Gasteiger partial charge in [0, 0.05) is 17.4 Å². The van der Waals surface area contributed by atoms with Gasteiger partial charge in [-0.1, -0.05) is 23.8 Å². The smallest absolute Gasteiger partial charge is 0.316 e. The van der Waals surface area contributed by atoms with Crippen molar-refractivity contribution < 1.29 is 4.79 Å². The van der Waals surface area contributed by atoms with E-state index in [-0.39, 0.29) is 6.04 Å². The summed E-state index contributed by atoms with van der Waals surface area (Å²) in [7, 11) is 0. The fraction of sp³-hybridized carbons (Fsp3) is 0.235. The zero-order chi connectivity index (χ0) is 15.4. The van der Waals surface area contributed by atoms with E-state index in [1.807, 2.05) is 24.3 Å². The number of urea groups is 1. The molecule has 0 aliphatic carbocycles. The maximum Gasteiger partial charge on any atom is 0.316 e. The van der Waals surface area contributed by atoms with Crippen LogP contribution < -0.4 is 16.4 Å². The van der Waals surface area contributed by atoms with Crippen LogP contribution in [0.5, 0.6) is 0 Å². The molecule has 0 saturated carbocycles. The summed E-state index contributed by atoms with van der Waals surface area (Å²) in [4.78, 5) is 10.8. The zero-order valence-electron chi connectivity index (χ0n) is 12.6. The maximum absolute atomic E-state index is 10.8. The first-order valence-corrected chi connectivity index (χ1v) is 6.96. The summed E-state index contributed by atoms with van der Waals surface area (Å²) in [5.74, 6) is 0. The minimum absolute atomic E-state index is 0.209. The van der Waals surface area contributed by atoms with Crippen LogP contribution in [0.3, 0.4) is 0 Å². The number of nitrogens with one attached hydrogen (secondary N) is 2. The van der Waals surface area contributed by atoms with Crippen LogP contribution in [-0.2, 0) is 0 Å². The Kier molecular flexibility index (Phi) is 4.48. The second kappa shape index (κ2) is 6.31. The van der Waals surface area contributed by atoms with Gasteiger partial charge in [-0.3, -0.25) is 0 Å². The van der Waals surface area contributed by atoms with Crippen molar-refractivity contribution in [2.24, 2.45) is 5.73 Å². The molecule has 0 aliphatic rings. The van der Waals surface area contributed by atoms with Crippen molar-refractivity contribution in [3.63, 3.8) is 0 Å². The minimum Gasteiger partial charge on any atom is -0.379 e. The largest absolute Gasteiger partial charge is 0.379 e. The predicted molar refractivity (Wildman–Crippen MR) is 87.6 cm³/mol. The van der Waals surface area contributed by atoms with Crippen molar-refractivity contribution in [3.8, 4) is 0 Å². The molecule has 4 nitrogen and oxygen atoms in total. The highest BCUT2D eigenvalue weighted by Crippen LogP contribution is 2.23. The summed E-state index contributed by atoms with van der Waals surface area (Å²) in [6, 6.07) is 13.6. The predicted octanol–water partition coefficient (Wildman–Crippen LogP) is 3.97. The second-order valence-electron chi connectivity index (χ2n) is 5.29. The molecule has 1 atom stereocenters. The number of carbonyl (C=O) groups is 1. The van der Waals surface area contributed by atoms with Gasteiger partial charge >= 0.3 is 6.03 Å². The quantitative estimate of drug-likeness (QED) is 0.794. The number of hydrogen-bond acceptors (Lipinski definition) is 2. The first-order chi connectivity index (χ1) is 9.95. The molecule has 2 aromatic rings. The molecule has 0 radical (unpaired) electrons. The highest BCUT2D eigenvalue weighted by atomic mass is 16.2. The third kappa shape index (κ3) is 3.99. The van der Waals surface area contributed by atoms with Gasteiger partial charge in [0.25, 0.3) is 0 Å². The highest BCUT2D eigenvalue weighted by molar-refractivity contribution is 5.87. The van der Waals surface area contributed by atoms with Crippen LogP contribution in [0.2, 0.25) is 0 Å². The Morgan fingerprint density at radius 3 is 2.24 bits per heavy atom. The second-order valence-corrected chi connectivity index (χ2v) is 5.29. The van der Waals surface area contributed by atoms with E-state index < -0.39 is 6.03 Å². The van der Waals surface area contributed by atoms with Gasteiger partial charge in [-0.05, 0) is 56.2 Å². The average molecular weight is 283 g/mol. The van der Waals surface area contributed by atoms with E-state index in [0.717, 1.165) is 5.69 Å². The lowest BCUT2D eigenvalue weighted by atomic mass is 10.00. The molecule has 2 rings (SSSR count). The molecule has 0 aromatic heterocycles. The molecule has 21 heavy (non-hydrogen) atoms. The van der Waals surface area contributed by atoms with E-state index in [1.165, 1.54) is 16.7 Å². The number of primary amides is 1. The number of rotatable bonds is 4. The minimum atomic E-state index is -0.556. The van der Waals surface area contributed by atoms with E-state index in [2.05, 4.69) is 49.6 Å². The van der Waals surface area contributed by atoms with Crippen molar-refractivity contribution in [2.75, 3.05) is 10.6 Å². The number of hydrogen-bond donors (Lipinski definition) is 3. The Balaban J connectivity index is 2.08. The lowest BCUT2D eigenvalue weighted by Crippen LogP contribution is -2.19. The van der Waals surface area contributed by atoms with Crippen molar-refractivity contribution in [1.82, 2.24) is 0 Å². The van der Waals surface area contributed by atoms with Gasteiger partial charge < -0.3 is 16.4 Å². The fourth-order valence-corrected chi connectivity index (χ4v) is 2.43. The van der Waals surface area contributed by atoms with Crippen molar-refractivity contribution in [3.05, 3.63) is 59.2 Å². The van der Waals surface area contributed by atoms with Gasteiger partial charge in [0.15, 0.2) is 0 Å². The van der Waals surface area contributed by atoms with Gasteiger partial charge in [0.1, 0.15) is 0 Å². The van der Waals surface area contributed by atoms with Gasteiger partial charge in [0.05, 0.1) is 0 Å². The molecule has 2 amide bonds. The number of carbonyl (C=O) groups excluding carboxylic acids is 1. The number of amides is 2. The van der Waals surface area contributed by atoms with Gasteiger partial charge in [-0.25, -0.2) is 4.79 Å². The summed E-state index contributed by atoms with van der Waals surface area (Å²) in [6.45, 7) is 6.35.